The SMILES string of the molecule is Cc1ccc(Oc2ccc(Cl)cc2NC(=O)CCCNC(=O)c2ccco2)cc1. The number of amides is 2. The molecule has 2 aromatic carbocycles. The second kappa shape index (κ2) is 9.80. The van der Waals surface area contributed by atoms with E-state index in [1.807, 2.05) is 31.2 Å². The van der Waals surface area contributed by atoms with Crippen LogP contribution in [0.2, 0.25) is 5.02 Å². The summed E-state index contributed by atoms with van der Waals surface area (Å²) in [6.07, 6.45) is 2.14. The lowest BCUT2D eigenvalue weighted by Crippen LogP contribution is -2.25. The number of anilines is 1. The van der Waals surface area contributed by atoms with Gasteiger partial charge < -0.3 is 19.8 Å². The van der Waals surface area contributed by atoms with Gasteiger partial charge in [0.15, 0.2) is 11.5 Å². The molecule has 7 heteroatoms. The standard InChI is InChI=1S/C22H21ClN2O4/c1-15-6-9-17(10-7-15)29-19-11-8-16(23)14-18(19)25-21(26)5-2-12-24-22(27)20-4-3-13-28-20/h3-4,6-11,13-14H,2,5,12H2,1H3,(H,24,27)(H,25,26). The van der Waals surface area contributed by atoms with E-state index in [0.717, 1.165) is 5.56 Å². The van der Waals surface area contributed by atoms with Crippen molar-refractivity contribution in [3.05, 3.63) is 77.2 Å². The Morgan fingerprint density at radius 1 is 1.10 bits per heavy atom. The van der Waals surface area contributed by atoms with Crippen LogP contribution in [0.1, 0.15) is 29.0 Å². The molecule has 3 rings (SSSR count). The molecule has 0 atom stereocenters. The van der Waals surface area contributed by atoms with Gasteiger partial charge in [0.25, 0.3) is 5.91 Å². The van der Waals surface area contributed by atoms with Gasteiger partial charge in [-0.2, -0.15) is 0 Å². The highest BCUT2D eigenvalue weighted by molar-refractivity contribution is 6.31. The molecule has 150 valence electrons. The fourth-order valence-electron chi connectivity index (χ4n) is 2.58. The first-order valence-electron chi connectivity index (χ1n) is 9.17. The van der Waals surface area contributed by atoms with E-state index in [-0.39, 0.29) is 24.0 Å². The van der Waals surface area contributed by atoms with Gasteiger partial charge in [-0.05, 0) is 55.8 Å². The van der Waals surface area contributed by atoms with Crippen molar-refractivity contribution in [3.8, 4) is 11.5 Å². The average molecular weight is 413 g/mol. The zero-order valence-corrected chi connectivity index (χ0v) is 16.7. The molecule has 1 heterocycles. The van der Waals surface area contributed by atoms with E-state index in [4.69, 9.17) is 20.8 Å². The fraction of sp³-hybridized carbons (Fsp3) is 0.182. The molecule has 0 fully saturated rings. The van der Waals surface area contributed by atoms with Crippen molar-refractivity contribution >= 4 is 29.1 Å². The van der Waals surface area contributed by atoms with Crippen LogP contribution in [-0.4, -0.2) is 18.4 Å². The first-order chi connectivity index (χ1) is 14.0. The maximum atomic E-state index is 12.3. The number of hydrogen-bond donors (Lipinski definition) is 2. The Hall–Kier alpha value is -3.25. The summed E-state index contributed by atoms with van der Waals surface area (Å²) in [4.78, 5) is 24.1. The van der Waals surface area contributed by atoms with Crippen LogP contribution in [0.25, 0.3) is 0 Å². The van der Waals surface area contributed by atoms with Crippen LogP contribution in [-0.2, 0) is 4.79 Å². The molecule has 0 saturated carbocycles. The quantitative estimate of drug-likeness (QED) is 0.499. The summed E-state index contributed by atoms with van der Waals surface area (Å²) in [6.45, 7) is 2.35. The first kappa shape index (κ1) is 20.5. The minimum absolute atomic E-state index is 0.201. The van der Waals surface area contributed by atoms with E-state index in [1.165, 1.54) is 6.26 Å². The Morgan fingerprint density at radius 2 is 1.90 bits per heavy atom. The van der Waals surface area contributed by atoms with Gasteiger partial charge in [0, 0.05) is 18.0 Å². The summed E-state index contributed by atoms with van der Waals surface area (Å²) in [7, 11) is 0. The second-order valence-corrected chi connectivity index (χ2v) is 6.88. The maximum Gasteiger partial charge on any atom is 0.286 e. The maximum absolute atomic E-state index is 12.3. The molecular weight excluding hydrogens is 392 g/mol. The van der Waals surface area contributed by atoms with Crippen LogP contribution in [0.5, 0.6) is 11.5 Å². The number of halogens is 1. The number of carbonyl (C=O) groups excluding carboxylic acids is 2. The summed E-state index contributed by atoms with van der Waals surface area (Å²) in [6, 6.07) is 15.9. The predicted octanol–water partition coefficient (Wildman–Crippen LogP) is 5.18. The molecule has 0 saturated heterocycles. The lowest BCUT2D eigenvalue weighted by atomic mass is 10.2. The lowest BCUT2D eigenvalue weighted by molar-refractivity contribution is -0.116. The molecule has 2 N–H and O–H groups in total. The number of benzene rings is 2. The minimum Gasteiger partial charge on any atom is -0.459 e. The third kappa shape index (κ3) is 6.12. The van der Waals surface area contributed by atoms with Gasteiger partial charge in [-0.15, -0.1) is 0 Å². The Kier molecular flexibility index (Phi) is 6.92. The van der Waals surface area contributed by atoms with Crippen molar-refractivity contribution in [1.82, 2.24) is 5.32 Å². The number of aryl methyl sites for hydroxylation is 1. The Morgan fingerprint density at radius 3 is 2.62 bits per heavy atom. The molecular formula is C22H21ClN2O4. The van der Waals surface area contributed by atoms with Gasteiger partial charge in [-0.1, -0.05) is 29.3 Å². The molecule has 0 spiro atoms. The third-order valence-corrected chi connectivity index (χ3v) is 4.31. The Bertz CT molecular complexity index is 969. The topological polar surface area (TPSA) is 80.6 Å². The van der Waals surface area contributed by atoms with Gasteiger partial charge in [0.05, 0.1) is 12.0 Å². The largest absolute Gasteiger partial charge is 0.459 e. The number of furan rings is 1. The van der Waals surface area contributed by atoms with Crippen molar-refractivity contribution in [2.45, 2.75) is 19.8 Å². The van der Waals surface area contributed by atoms with Crippen LogP contribution >= 0.6 is 11.6 Å². The van der Waals surface area contributed by atoms with Crippen LogP contribution < -0.4 is 15.4 Å². The minimum atomic E-state index is -0.306. The van der Waals surface area contributed by atoms with E-state index in [0.29, 0.717) is 35.2 Å². The van der Waals surface area contributed by atoms with Crippen LogP contribution in [0, 0.1) is 6.92 Å². The number of carbonyl (C=O) groups is 2. The third-order valence-electron chi connectivity index (χ3n) is 4.08. The second-order valence-electron chi connectivity index (χ2n) is 6.44. The normalized spacial score (nSPS) is 10.4. The fourth-order valence-corrected chi connectivity index (χ4v) is 2.75. The van der Waals surface area contributed by atoms with Crippen LogP contribution in [0.3, 0.4) is 0 Å². The van der Waals surface area contributed by atoms with Gasteiger partial charge in [0.2, 0.25) is 5.91 Å². The van der Waals surface area contributed by atoms with Gasteiger partial charge in [0.1, 0.15) is 5.75 Å². The molecule has 2 amide bonds. The number of nitrogens with one attached hydrogen (secondary N) is 2. The molecule has 1 aromatic heterocycles. The first-order valence-corrected chi connectivity index (χ1v) is 9.55. The molecule has 0 unspecified atom stereocenters. The summed E-state index contributed by atoms with van der Waals surface area (Å²) in [5, 5.41) is 6.01. The van der Waals surface area contributed by atoms with E-state index in [1.54, 1.807) is 30.3 Å². The highest BCUT2D eigenvalue weighted by atomic mass is 35.5. The molecule has 0 aliphatic rings. The van der Waals surface area contributed by atoms with Crippen LogP contribution in [0.15, 0.2) is 65.3 Å². The van der Waals surface area contributed by atoms with Crippen molar-refractivity contribution in [3.63, 3.8) is 0 Å². The van der Waals surface area contributed by atoms with E-state index in [2.05, 4.69) is 10.6 Å². The highest BCUT2D eigenvalue weighted by Gasteiger charge is 2.11. The van der Waals surface area contributed by atoms with Crippen molar-refractivity contribution < 1.29 is 18.7 Å². The molecule has 0 aliphatic heterocycles. The predicted molar refractivity (Wildman–Crippen MR) is 112 cm³/mol. The van der Waals surface area contributed by atoms with Crippen molar-refractivity contribution in [2.24, 2.45) is 0 Å². The summed E-state index contributed by atoms with van der Waals surface area (Å²) in [5.74, 6) is 0.894. The average Bonchev–Trinajstić information content (AvgIpc) is 3.24. The molecule has 0 aliphatic carbocycles. The van der Waals surface area contributed by atoms with E-state index in [9.17, 15) is 9.59 Å². The highest BCUT2D eigenvalue weighted by Crippen LogP contribution is 2.32. The van der Waals surface area contributed by atoms with Crippen molar-refractivity contribution in [2.75, 3.05) is 11.9 Å². The summed E-state index contributed by atoms with van der Waals surface area (Å²) >= 11 is 6.07. The zero-order chi connectivity index (χ0) is 20.6. The Balaban J connectivity index is 1.53. The summed E-state index contributed by atoms with van der Waals surface area (Å²) in [5.41, 5.74) is 1.61. The van der Waals surface area contributed by atoms with Crippen LogP contribution in [0.4, 0.5) is 5.69 Å². The van der Waals surface area contributed by atoms with Gasteiger partial charge >= 0.3 is 0 Å². The number of hydrogen-bond acceptors (Lipinski definition) is 4. The molecule has 3 aromatic rings. The summed E-state index contributed by atoms with van der Waals surface area (Å²) < 4.78 is 10.9. The number of ether oxygens (including phenoxy) is 1. The molecule has 6 nitrogen and oxygen atoms in total. The van der Waals surface area contributed by atoms with E-state index < -0.39 is 0 Å². The molecule has 0 bridgehead atoms. The zero-order valence-electron chi connectivity index (χ0n) is 15.9. The monoisotopic (exact) mass is 412 g/mol. The van der Waals surface area contributed by atoms with Gasteiger partial charge in [-0.3, -0.25) is 9.59 Å². The molecule has 0 radical (unpaired) electrons. The smallest absolute Gasteiger partial charge is 0.286 e. The van der Waals surface area contributed by atoms with Crippen molar-refractivity contribution in [1.29, 1.82) is 0 Å². The Labute approximate surface area is 173 Å². The van der Waals surface area contributed by atoms with E-state index >= 15 is 0 Å². The number of rotatable bonds is 8. The molecule has 29 heavy (non-hydrogen) atoms. The van der Waals surface area contributed by atoms with Gasteiger partial charge in [-0.25, -0.2) is 0 Å². The lowest BCUT2D eigenvalue weighted by Gasteiger charge is -2.13.